The largest absolute Gasteiger partial charge is 0.497 e. The highest BCUT2D eigenvalue weighted by molar-refractivity contribution is 6.34. The van der Waals surface area contributed by atoms with E-state index in [1.54, 1.807) is 13.2 Å². The number of anilines is 2. The summed E-state index contributed by atoms with van der Waals surface area (Å²) < 4.78 is 5.25. The number of nitrogens with one attached hydrogen (secondary N) is 1. The lowest BCUT2D eigenvalue weighted by Gasteiger charge is -2.11. The number of benzene rings is 2. The van der Waals surface area contributed by atoms with Crippen LogP contribution in [0.15, 0.2) is 42.7 Å². The molecule has 3 aromatic rings. The van der Waals surface area contributed by atoms with E-state index in [9.17, 15) is 0 Å². The van der Waals surface area contributed by atoms with Crippen LogP contribution in [0.5, 0.6) is 5.75 Å². The number of methoxy groups -OCH3 is 1. The molecule has 0 aliphatic rings. The average molecular weight is 328 g/mol. The molecule has 0 unspecified atom stereocenters. The van der Waals surface area contributed by atoms with E-state index in [0.29, 0.717) is 22.1 Å². The van der Waals surface area contributed by atoms with Crippen molar-refractivity contribution in [2.24, 2.45) is 0 Å². The van der Waals surface area contributed by atoms with Crippen molar-refractivity contribution in [3.8, 4) is 18.1 Å². The number of terminal acetylenes is 1. The molecule has 0 spiro atoms. The quantitative estimate of drug-likeness (QED) is 0.749. The fraction of sp³-hybridized carbons (Fsp3) is 0.0588. The number of fused-ring (bicyclic) bond motifs is 1. The SMILES string of the molecule is C#Cc1cccc(Nc2ncnc3ccc(OC)cc23)c1Cl.O. The summed E-state index contributed by atoms with van der Waals surface area (Å²) in [5.74, 6) is 3.92. The number of rotatable bonds is 3. The Morgan fingerprint density at radius 3 is 2.78 bits per heavy atom. The molecule has 5 nitrogen and oxygen atoms in total. The standard InChI is InChI=1S/C17H12ClN3O.H2O/c1-3-11-5-4-6-15(16(11)18)21-17-13-9-12(22-2)7-8-14(13)19-10-20-17;/h1,4-10H,2H3,(H,19,20,21);1H2. The van der Waals surface area contributed by atoms with Crippen molar-refractivity contribution < 1.29 is 10.2 Å². The van der Waals surface area contributed by atoms with E-state index in [4.69, 9.17) is 22.8 Å². The molecule has 0 atom stereocenters. The van der Waals surface area contributed by atoms with Gasteiger partial charge in [-0.15, -0.1) is 6.42 Å². The van der Waals surface area contributed by atoms with Crippen LogP contribution in [0.25, 0.3) is 10.9 Å². The molecule has 0 aliphatic carbocycles. The maximum Gasteiger partial charge on any atom is 0.141 e. The van der Waals surface area contributed by atoms with Crippen LogP contribution in [0.4, 0.5) is 11.5 Å². The topological polar surface area (TPSA) is 78.5 Å². The lowest BCUT2D eigenvalue weighted by Crippen LogP contribution is -1.98. The Kier molecular flexibility index (Phi) is 5.02. The molecule has 0 fully saturated rings. The van der Waals surface area contributed by atoms with Crippen LogP contribution in [0.1, 0.15) is 5.56 Å². The molecule has 116 valence electrons. The van der Waals surface area contributed by atoms with Crippen molar-refractivity contribution in [2.75, 3.05) is 12.4 Å². The zero-order valence-corrected chi connectivity index (χ0v) is 13.1. The Labute approximate surface area is 138 Å². The van der Waals surface area contributed by atoms with E-state index in [1.807, 2.05) is 30.3 Å². The fourth-order valence-corrected chi connectivity index (χ4v) is 2.36. The summed E-state index contributed by atoms with van der Waals surface area (Å²) in [5, 5.41) is 4.53. The second kappa shape index (κ2) is 6.97. The summed E-state index contributed by atoms with van der Waals surface area (Å²) in [6.07, 6.45) is 6.93. The summed E-state index contributed by atoms with van der Waals surface area (Å²) in [6.45, 7) is 0. The third kappa shape index (κ3) is 3.19. The molecular formula is C17H14ClN3O2. The summed E-state index contributed by atoms with van der Waals surface area (Å²) in [7, 11) is 1.62. The number of halogens is 1. The third-order valence-electron chi connectivity index (χ3n) is 3.25. The highest BCUT2D eigenvalue weighted by Gasteiger charge is 2.09. The molecule has 3 N–H and O–H groups in total. The Morgan fingerprint density at radius 1 is 1.22 bits per heavy atom. The van der Waals surface area contributed by atoms with Crippen molar-refractivity contribution in [1.82, 2.24) is 9.97 Å². The van der Waals surface area contributed by atoms with Crippen LogP contribution >= 0.6 is 11.6 Å². The minimum atomic E-state index is 0. The van der Waals surface area contributed by atoms with Gasteiger partial charge >= 0.3 is 0 Å². The van der Waals surface area contributed by atoms with Crippen LogP contribution in [-0.2, 0) is 0 Å². The van der Waals surface area contributed by atoms with E-state index in [0.717, 1.165) is 16.7 Å². The van der Waals surface area contributed by atoms with Gasteiger partial charge < -0.3 is 15.5 Å². The first kappa shape index (κ1) is 16.6. The first-order chi connectivity index (χ1) is 10.7. The Bertz CT molecular complexity index is 891. The lowest BCUT2D eigenvalue weighted by atomic mass is 10.2. The van der Waals surface area contributed by atoms with E-state index >= 15 is 0 Å². The van der Waals surface area contributed by atoms with Crippen LogP contribution in [0, 0.1) is 12.3 Å². The third-order valence-corrected chi connectivity index (χ3v) is 3.66. The minimum absolute atomic E-state index is 0. The van der Waals surface area contributed by atoms with Crippen molar-refractivity contribution in [3.05, 3.63) is 53.3 Å². The van der Waals surface area contributed by atoms with E-state index in [-0.39, 0.29) is 5.48 Å². The highest BCUT2D eigenvalue weighted by atomic mass is 35.5. The number of nitrogens with zero attached hydrogens (tertiary/aromatic N) is 2. The summed E-state index contributed by atoms with van der Waals surface area (Å²) in [6, 6.07) is 11.1. The summed E-state index contributed by atoms with van der Waals surface area (Å²) >= 11 is 6.30. The molecule has 2 aromatic carbocycles. The van der Waals surface area contributed by atoms with Gasteiger partial charge in [-0.1, -0.05) is 23.6 Å². The average Bonchev–Trinajstić information content (AvgIpc) is 2.56. The monoisotopic (exact) mass is 327 g/mol. The zero-order chi connectivity index (χ0) is 15.5. The second-order valence-corrected chi connectivity index (χ2v) is 4.92. The molecule has 0 saturated carbocycles. The van der Waals surface area contributed by atoms with E-state index in [1.165, 1.54) is 6.33 Å². The zero-order valence-electron chi connectivity index (χ0n) is 12.3. The Balaban J connectivity index is 0.00000192. The van der Waals surface area contributed by atoms with Gasteiger partial charge in [-0.3, -0.25) is 0 Å². The smallest absolute Gasteiger partial charge is 0.141 e. The normalized spacial score (nSPS) is 9.78. The van der Waals surface area contributed by atoms with Gasteiger partial charge in [0.15, 0.2) is 0 Å². The van der Waals surface area contributed by atoms with Crippen molar-refractivity contribution in [1.29, 1.82) is 0 Å². The first-order valence-electron chi connectivity index (χ1n) is 6.54. The molecule has 0 bridgehead atoms. The number of hydrogen-bond acceptors (Lipinski definition) is 4. The Morgan fingerprint density at radius 2 is 2.04 bits per heavy atom. The number of aromatic nitrogens is 2. The number of ether oxygens (including phenoxy) is 1. The van der Waals surface area contributed by atoms with Gasteiger partial charge in [-0.2, -0.15) is 0 Å². The van der Waals surface area contributed by atoms with Gasteiger partial charge in [0.25, 0.3) is 0 Å². The van der Waals surface area contributed by atoms with E-state index < -0.39 is 0 Å². The summed E-state index contributed by atoms with van der Waals surface area (Å²) in [5.41, 5.74) is 2.13. The molecule has 1 heterocycles. The molecular weight excluding hydrogens is 314 g/mol. The fourth-order valence-electron chi connectivity index (χ4n) is 2.13. The molecule has 0 saturated heterocycles. The van der Waals surface area contributed by atoms with Crippen LogP contribution in [-0.4, -0.2) is 22.6 Å². The van der Waals surface area contributed by atoms with Gasteiger partial charge in [0.05, 0.1) is 23.3 Å². The first-order valence-corrected chi connectivity index (χ1v) is 6.91. The van der Waals surface area contributed by atoms with Crippen LogP contribution in [0.2, 0.25) is 5.02 Å². The molecule has 6 heteroatoms. The van der Waals surface area contributed by atoms with Crippen molar-refractivity contribution in [2.45, 2.75) is 0 Å². The van der Waals surface area contributed by atoms with Gasteiger partial charge in [0, 0.05) is 10.9 Å². The predicted molar refractivity (Wildman–Crippen MR) is 92.4 cm³/mol. The molecule has 0 amide bonds. The molecule has 1 aromatic heterocycles. The van der Waals surface area contributed by atoms with Gasteiger partial charge in [-0.25, -0.2) is 9.97 Å². The molecule has 0 aliphatic heterocycles. The van der Waals surface area contributed by atoms with Gasteiger partial charge in [-0.05, 0) is 30.3 Å². The molecule has 23 heavy (non-hydrogen) atoms. The second-order valence-electron chi connectivity index (χ2n) is 4.54. The van der Waals surface area contributed by atoms with Crippen molar-refractivity contribution >= 4 is 34.0 Å². The predicted octanol–water partition coefficient (Wildman–Crippen LogP) is 3.19. The van der Waals surface area contributed by atoms with E-state index in [2.05, 4.69) is 21.2 Å². The molecule has 0 radical (unpaired) electrons. The van der Waals surface area contributed by atoms with Gasteiger partial charge in [0.2, 0.25) is 0 Å². The summed E-state index contributed by atoms with van der Waals surface area (Å²) in [4.78, 5) is 8.53. The minimum Gasteiger partial charge on any atom is -0.497 e. The van der Waals surface area contributed by atoms with Gasteiger partial charge in [0.1, 0.15) is 17.9 Å². The van der Waals surface area contributed by atoms with Crippen LogP contribution < -0.4 is 10.1 Å². The van der Waals surface area contributed by atoms with Crippen LogP contribution in [0.3, 0.4) is 0 Å². The molecule has 3 rings (SSSR count). The maximum atomic E-state index is 6.30. The Hall–Kier alpha value is -2.81. The lowest BCUT2D eigenvalue weighted by molar-refractivity contribution is 0.415. The van der Waals surface area contributed by atoms with Crippen molar-refractivity contribution in [3.63, 3.8) is 0 Å². The highest BCUT2D eigenvalue weighted by Crippen LogP contribution is 2.31. The maximum absolute atomic E-state index is 6.30. The number of hydrogen-bond donors (Lipinski definition) is 1.